The van der Waals surface area contributed by atoms with Crippen molar-refractivity contribution in [1.82, 2.24) is 9.80 Å². The second-order valence-corrected chi connectivity index (χ2v) is 10.4. The van der Waals surface area contributed by atoms with Crippen molar-refractivity contribution >= 4 is 23.2 Å². The van der Waals surface area contributed by atoms with Crippen LogP contribution in [0.1, 0.15) is 50.8 Å². The topological polar surface area (TPSA) is 6.48 Å². The molecular formula is C26H38Cl2N2. The van der Waals surface area contributed by atoms with Crippen LogP contribution in [0.2, 0.25) is 10.0 Å². The van der Waals surface area contributed by atoms with Crippen LogP contribution >= 0.6 is 23.2 Å². The van der Waals surface area contributed by atoms with Crippen molar-refractivity contribution in [3.63, 3.8) is 0 Å². The molecule has 0 amide bonds. The van der Waals surface area contributed by atoms with E-state index in [-0.39, 0.29) is 0 Å². The van der Waals surface area contributed by atoms with Gasteiger partial charge < -0.3 is 4.90 Å². The smallest absolute Gasteiger partial charge is 0.0465 e. The average molecular weight is 450 g/mol. The van der Waals surface area contributed by atoms with Crippen molar-refractivity contribution in [2.45, 2.75) is 59.7 Å². The van der Waals surface area contributed by atoms with Crippen LogP contribution in [-0.2, 0) is 19.5 Å². The molecule has 0 heterocycles. The Labute approximate surface area is 194 Å². The lowest BCUT2D eigenvalue weighted by Crippen LogP contribution is -2.42. The van der Waals surface area contributed by atoms with Gasteiger partial charge in [-0.15, -0.1) is 0 Å². The molecule has 0 aliphatic carbocycles. The molecule has 2 nitrogen and oxygen atoms in total. The molecule has 4 heteroatoms. The molecular weight excluding hydrogens is 411 g/mol. The fraction of sp³-hybridized carbons (Fsp3) is 0.538. The summed E-state index contributed by atoms with van der Waals surface area (Å²) in [4.78, 5) is 4.84. The van der Waals surface area contributed by atoms with Crippen molar-refractivity contribution in [3.05, 3.63) is 69.2 Å². The summed E-state index contributed by atoms with van der Waals surface area (Å²) in [7, 11) is 4.30. The second-order valence-electron chi connectivity index (χ2n) is 9.57. The van der Waals surface area contributed by atoms with Crippen molar-refractivity contribution < 1.29 is 0 Å². The zero-order chi connectivity index (χ0) is 22.3. The van der Waals surface area contributed by atoms with E-state index in [2.05, 4.69) is 75.9 Å². The summed E-state index contributed by atoms with van der Waals surface area (Å²) in [5, 5.41) is 1.49. The number of benzene rings is 2. The Bertz CT molecular complexity index is 756. The molecule has 0 bridgehead atoms. The van der Waals surface area contributed by atoms with Gasteiger partial charge in [0.05, 0.1) is 0 Å². The van der Waals surface area contributed by atoms with Crippen LogP contribution in [0, 0.1) is 11.8 Å². The molecule has 30 heavy (non-hydrogen) atoms. The van der Waals surface area contributed by atoms with E-state index < -0.39 is 0 Å². The van der Waals surface area contributed by atoms with E-state index in [4.69, 9.17) is 23.2 Å². The lowest BCUT2D eigenvalue weighted by Gasteiger charge is -2.35. The molecule has 0 fully saturated rings. The highest BCUT2D eigenvalue weighted by atomic mass is 35.5. The van der Waals surface area contributed by atoms with Crippen LogP contribution in [0.5, 0.6) is 0 Å². The van der Waals surface area contributed by atoms with Crippen molar-refractivity contribution in [3.8, 4) is 0 Å². The zero-order valence-electron chi connectivity index (χ0n) is 19.5. The van der Waals surface area contributed by atoms with Crippen LogP contribution in [0.4, 0.5) is 0 Å². The van der Waals surface area contributed by atoms with E-state index in [1.165, 1.54) is 11.1 Å². The third kappa shape index (κ3) is 8.23. The van der Waals surface area contributed by atoms with Crippen molar-refractivity contribution in [2.24, 2.45) is 11.8 Å². The Morgan fingerprint density at radius 2 is 1.40 bits per heavy atom. The molecule has 0 unspecified atom stereocenters. The minimum atomic E-state index is 0.418. The highest BCUT2D eigenvalue weighted by Crippen LogP contribution is 2.28. The minimum absolute atomic E-state index is 0.418. The molecule has 0 aliphatic rings. The zero-order valence-corrected chi connectivity index (χ0v) is 21.0. The van der Waals surface area contributed by atoms with Crippen LogP contribution in [0.25, 0.3) is 0 Å². The molecule has 0 radical (unpaired) electrons. The Morgan fingerprint density at radius 3 is 1.97 bits per heavy atom. The number of likely N-dealkylation sites (N-methyl/N-ethyl adjacent to an activating group) is 1. The summed E-state index contributed by atoms with van der Waals surface area (Å²) >= 11 is 13.1. The van der Waals surface area contributed by atoms with Crippen LogP contribution in [-0.4, -0.2) is 36.5 Å². The Kier molecular flexibility index (Phi) is 10.2. The highest BCUT2D eigenvalue weighted by molar-refractivity contribution is 6.35. The molecule has 0 spiro atoms. The average Bonchev–Trinajstić information content (AvgIpc) is 2.62. The van der Waals surface area contributed by atoms with Gasteiger partial charge in [0.2, 0.25) is 0 Å². The van der Waals surface area contributed by atoms with E-state index >= 15 is 0 Å². The monoisotopic (exact) mass is 448 g/mol. The van der Waals surface area contributed by atoms with Gasteiger partial charge >= 0.3 is 0 Å². The van der Waals surface area contributed by atoms with Gasteiger partial charge in [0.25, 0.3) is 0 Å². The standard InChI is InChI=1S/C26H38Cl2N2/c1-19(2)13-21-9-7-10-22(15-21)16-30(23(14-20(3)4)17-29(5)6)18-24-25(27)11-8-12-26(24)28/h7-12,15,19-20,23H,13-14,16-18H2,1-6H3/t23-/m0/s1. The minimum Gasteiger partial charge on any atom is -0.308 e. The Hall–Kier alpha value is -1.06. The third-order valence-electron chi connectivity index (χ3n) is 5.28. The maximum Gasteiger partial charge on any atom is 0.0465 e. The highest BCUT2D eigenvalue weighted by Gasteiger charge is 2.23. The van der Waals surface area contributed by atoms with E-state index in [0.717, 1.165) is 48.1 Å². The summed E-state index contributed by atoms with van der Waals surface area (Å²) in [6.07, 6.45) is 2.24. The van der Waals surface area contributed by atoms with Crippen LogP contribution in [0.15, 0.2) is 42.5 Å². The van der Waals surface area contributed by atoms with Gasteiger partial charge in [-0.25, -0.2) is 0 Å². The molecule has 0 N–H and O–H groups in total. The maximum atomic E-state index is 6.55. The largest absolute Gasteiger partial charge is 0.308 e. The molecule has 0 aromatic heterocycles. The predicted molar refractivity (Wildman–Crippen MR) is 132 cm³/mol. The summed E-state index contributed by atoms with van der Waals surface area (Å²) in [5.41, 5.74) is 3.78. The van der Waals surface area contributed by atoms with Gasteiger partial charge in [-0.05, 0) is 62.0 Å². The predicted octanol–water partition coefficient (Wildman–Crippen LogP) is 7.17. The van der Waals surface area contributed by atoms with Gasteiger partial charge in [-0.1, -0.05) is 81.2 Å². The molecule has 2 aromatic rings. The van der Waals surface area contributed by atoms with Gasteiger partial charge in [0, 0.05) is 41.3 Å². The molecule has 0 saturated carbocycles. The molecule has 2 rings (SSSR count). The Balaban J connectivity index is 2.36. The van der Waals surface area contributed by atoms with Gasteiger partial charge in [-0.2, -0.15) is 0 Å². The second kappa shape index (κ2) is 12.1. The lowest BCUT2D eigenvalue weighted by atomic mass is 9.98. The van der Waals surface area contributed by atoms with Gasteiger partial charge in [0.15, 0.2) is 0 Å². The lowest BCUT2D eigenvalue weighted by molar-refractivity contribution is 0.127. The van der Waals surface area contributed by atoms with E-state index in [1.54, 1.807) is 0 Å². The fourth-order valence-electron chi connectivity index (χ4n) is 4.07. The molecule has 2 aromatic carbocycles. The number of halogens is 2. The molecule has 1 atom stereocenters. The van der Waals surface area contributed by atoms with E-state index in [0.29, 0.717) is 17.9 Å². The Morgan fingerprint density at radius 1 is 0.800 bits per heavy atom. The van der Waals surface area contributed by atoms with Crippen molar-refractivity contribution in [1.29, 1.82) is 0 Å². The number of hydrogen-bond acceptors (Lipinski definition) is 2. The summed E-state index contributed by atoms with van der Waals surface area (Å²) in [6.45, 7) is 11.8. The maximum absolute atomic E-state index is 6.55. The van der Waals surface area contributed by atoms with E-state index in [9.17, 15) is 0 Å². The number of hydrogen-bond donors (Lipinski definition) is 0. The fourth-order valence-corrected chi connectivity index (χ4v) is 4.58. The van der Waals surface area contributed by atoms with Gasteiger partial charge in [0.1, 0.15) is 0 Å². The first-order valence-electron chi connectivity index (χ1n) is 11.0. The first kappa shape index (κ1) is 25.2. The van der Waals surface area contributed by atoms with Crippen LogP contribution in [0.3, 0.4) is 0 Å². The summed E-state index contributed by atoms with van der Waals surface area (Å²) in [5.74, 6) is 1.27. The number of nitrogens with zero attached hydrogens (tertiary/aromatic N) is 2. The summed E-state index contributed by atoms with van der Waals surface area (Å²) < 4.78 is 0. The SMILES string of the molecule is CC(C)Cc1cccc(CN(Cc2c(Cl)cccc2Cl)[C@@H](CC(C)C)CN(C)C)c1. The normalized spacial score (nSPS) is 13.1. The number of rotatable bonds is 11. The first-order valence-corrected chi connectivity index (χ1v) is 11.8. The third-order valence-corrected chi connectivity index (χ3v) is 5.99. The molecule has 0 aliphatic heterocycles. The quantitative estimate of drug-likeness (QED) is 0.359. The molecule has 166 valence electrons. The van der Waals surface area contributed by atoms with E-state index in [1.807, 2.05) is 18.2 Å². The van der Waals surface area contributed by atoms with Crippen LogP contribution < -0.4 is 0 Å². The van der Waals surface area contributed by atoms with Crippen molar-refractivity contribution in [2.75, 3.05) is 20.6 Å². The van der Waals surface area contributed by atoms with Gasteiger partial charge in [-0.3, -0.25) is 4.90 Å². The first-order chi connectivity index (χ1) is 14.2. The molecule has 0 saturated heterocycles. The summed E-state index contributed by atoms with van der Waals surface area (Å²) in [6, 6.07) is 15.2.